The van der Waals surface area contributed by atoms with Crippen molar-refractivity contribution in [2.75, 3.05) is 20.3 Å². The number of nitrogens with one attached hydrogen (secondary N) is 1. The Hall–Kier alpha value is 0.340. The highest BCUT2D eigenvalue weighted by atomic mass is 79.9. The molecule has 1 N–H and O–H groups in total. The Balaban J connectivity index is 2.64. The second-order valence-electron chi connectivity index (χ2n) is 2.93. The third kappa shape index (κ3) is 3.97. The number of sulfonamides is 1. The van der Waals surface area contributed by atoms with Gasteiger partial charge in [0.25, 0.3) is 0 Å². The molecule has 1 rings (SSSR count). The molecule has 92 valence electrons. The molecule has 0 atom stereocenters. The van der Waals surface area contributed by atoms with Crippen LogP contribution in [0.2, 0.25) is 5.02 Å². The normalized spacial score (nSPS) is 11.9. The molecule has 4 nitrogen and oxygen atoms in total. The second kappa shape index (κ2) is 6.32. The van der Waals surface area contributed by atoms with Gasteiger partial charge < -0.3 is 4.74 Å². The van der Waals surface area contributed by atoms with Gasteiger partial charge >= 0.3 is 0 Å². The number of hydrogen-bond donors (Lipinski definition) is 1. The molecule has 1 aromatic heterocycles. The fourth-order valence-electron chi connectivity index (χ4n) is 0.953. The minimum atomic E-state index is -3.44. The molecular weight excluding hydrogens is 338 g/mol. The zero-order valence-electron chi connectivity index (χ0n) is 8.50. The third-order valence-corrected chi connectivity index (χ3v) is 6.11. The summed E-state index contributed by atoms with van der Waals surface area (Å²) in [7, 11) is -1.87. The summed E-state index contributed by atoms with van der Waals surface area (Å²) in [6, 6.07) is 1.43. The Bertz CT molecular complexity index is 427. The van der Waals surface area contributed by atoms with Crippen LogP contribution in [0, 0.1) is 0 Å². The fourth-order valence-corrected chi connectivity index (χ4v) is 4.47. The molecule has 1 heterocycles. The van der Waals surface area contributed by atoms with Gasteiger partial charge in [-0.2, -0.15) is 0 Å². The summed E-state index contributed by atoms with van der Waals surface area (Å²) in [5.41, 5.74) is 0. The van der Waals surface area contributed by atoms with Crippen molar-refractivity contribution in [3.63, 3.8) is 0 Å². The molecule has 0 amide bonds. The lowest BCUT2D eigenvalue weighted by molar-refractivity contribution is 0.196. The van der Waals surface area contributed by atoms with Crippen molar-refractivity contribution in [1.29, 1.82) is 0 Å². The van der Waals surface area contributed by atoms with Gasteiger partial charge in [0.15, 0.2) is 0 Å². The number of ether oxygens (including phenoxy) is 1. The lowest BCUT2D eigenvalue weighted by atomic mass is 10.5. The van der Waals surface area contributed by atoms with E-state index < -0.39 is 10.0 Å². The van der Waals surface area contributed by atoms with Crippen molar-refractivity contribution in [2.24, 2.45) is 0 Å². The largest absolute Gasteiger partial charge is 0.385 e. The summed E-state index contributed by atoms with van der Waals surface area (Å²) in [6.07, 6.45) is 0.635. The van der Waals surface area contributed by atoms with Gasteiger partial charge in [-0.05, 0) is 28.4 Å². The van der Waals surface area contributed by atoms with Crippen molar-refractivity contribution < 1.29 is 13.2 Å². The fraction of sp³-hybridized carbons (Fsp3) is 0.500. The van der Waals surface area contributed by atoms with E-state index in [1.54, 1.807) is 7.11 Å². The standard InChI is InChI=1S/C8H11BrClNO3S2/c1-14-4-2-3-11-16(12,13)7-5-6(10)8(9)15-7/h5,11H,2-4H2,1H3. The Morgan fingerprint density at radius 3 is 2.81 bits per heavy atom. The summed E-state index contributed by atoms with van der Waals surface area (Å²) < 4.78 is 31.6. The molecule has 16 heavy (non-hydrogen) atoms. The van der Waals surface area contributed by atoms with E-state index in [-0.39, 0.29) is 4.21 Å². The van der Waals surface area contributed by atoms with Crippen LogP contribution in [0.3, 0.4) is 0 Å². The van der Waals surface area contributed by atoms with Crippen molar-refractivity contribution >= 4 is 48.9 Å². The van der Waals surface area contributed by atoms with Crippen LogP contribution >= 0.6 is 38.9 Å². The molecule has 0 aliphatic carbocycles. The molecule has 0 spiro atoms. The molecular formula is C8H11BrClNO3S2. The third-order valence-electron chi connectivity index (χ3n) is 1.70. The Morgan fingerprint density at radius 1 is 1.62 bits per heavy atom. The van der Waals surface area contributed by atoms with E-state index >= 15 is 0 Å². The van der Waals surface area contributed by atoms with Crippen molar-refractivity contribution in [2.45, 2.75) is 10.6 Å². The minimum Gasteiger partial charge on any atom is -0.385 e. The van der Waals surface area contributed by atoms with Crippen LogP contribution < -0.4 is 4.72 Å². The van der Waals surface area contributed by atoms with Crippen LogP contribution in [0.5, 0.6) is 0 Å². The van der Waals surface area contributed by atoms with Crippen LogP contribution in [-0.2, 0) is 14.8 Å². The summed E-state index contributed by atoms with van der Waals surface area (Å²) >= 11 is 10.0. The number of thiophene rings is 1. The highest BCUT2D eigenvalue weighted by molar-refractivity contribution is 9.11. The van der Waals surface area contributed by atoms with E-state index in [4.69, 9.17) is 16.3 Å². The first-order chi connectivity index (χ1) is 7.47. The van der Waals surface area contributed by atoms with Gasteiger partial charge in [-0.25, -0.2) is 13.1 Å². The molecule has 0 unspecified atom stereocenters. The Kier molecular flexibility index (Phi) is 5.69. The zero-order valence-corrected chi connectivity index (χ0v) is 12.5. The average molecular weight is 349 g/mol. The van der Waals surface area contributed by atoms with E-state index in [0.717, 1.165) is 11.3 Å². The van der Waals surface area contributed by atoms with Crippen molar-refractivity contribution in [3.05, 3.63) is 14.9 Å². The molecule has 0 fully saturated rings. The molecule has 0 aromatic carbocycles. The van der Waals surface area contributed by atoms with E-state index in [0.29, 0.717) is 28.4 Å². The van der Waals surface area contributed by atoms with Crippen LogP contribution in [0.4, 0.5) is 0 Å². The first-order valence-corrected chi connectivity index (χ1v) is 7.88. The zero-order chi connectivity index (χ0) is 12.2. The minimum absolute atomic E-state index is 0.210. The quantitative estimate of drug-likeness (QED) is 0.804. The van der Waals surface area contributed by atoms with Gasteiger partial charge in [0.1, 0.15) is 4.21 Å². The van der Waals surface area contributed by atoms with Crippen LogP contribution in [0.1, 0.15) is 6.42 Å². The molecule has 0 bridgehead atoms. The molecule has 0 saturated heterocycles. The Morgan fingerprint density at radius 2 is 2.31 bits per heavy atom. The average Bonchev–Trinajstić information content (AvgIpc) is 2.55. The summed E-state index contributed by atoms with van der Waals surface area (Å²) in [4.78, 5) is 0. The molecule has 1 aromatic rings. The van der Waals surface area contributed by atoms with Crippen LogP contribution in [0.15, 0.2) is 14.1 Å². The SMILES string of the molecule is COCCCNS(=O)(=O)c1cc(Cl)c(Br)s1. The van der Waals surface area contributed by atoms with Crippen molar-refractivity contribution in [1.82, 2.24) is 4.72 Å². The summed E-state index contributed by atoms with van der Waals surface area (Å²) in [6.45, 7) is 0.876. The van der Waals surface area contributed by atoms with E-state index in [9.17, 15) is 8.42 Å². The molecule has 0 aliphatic rings. The smallest absolute Gasteiger partial charge is 0.250 e. The maximum Gasteiger partial charge on any atom is 0.250 e. The summed E-state index contributed by atoms with van der Waals surface area (Å²) in [5.74, 6) is 0. The highest BCUT2D eigenvalue weighted by Crippen LogP contribution is 2.34. The van der Waals surface area contributed by atoms with Gasteiger partial charge in [-0.3, -0.25) is 0 Å². The van der Waals surface area contributed by atoms with Crippen LogP contribution in [0.25, 0.3) is 0 Å². The van der Waals surface area contributed by atoms with E-state index in [1.807, 2.05) is 0 Å². The van der Waals surface area contributed by atoms with E-state index in [1.165, 1.54) is 6.07 Å². The first-order valence-electron chi connectivity index (χ1n) is 4.41. The molecule has 0 saturated carbocycles. The lowest BCUT2D eigenvalue weighted by Crippen LogP contribution is -2.24. The summed E-state index contributed by atoms with van der Waals surface area (Å²) in [5, 5.41) is 0.405. The maximum atomic E-state index is 11.7. The van der Waals surface area contributed by atoms with Gasteiger partial charge in [-0.15, -0.1) is 11.3 Å². The predicted octanol–water partition coefficient (Wildman–Crippen LogP) is 2.48. The van der Waals surface area contributed by atoms with Gasteiger partial charge in [0.05, 0.1) is 8.81 Å². The second-order valence-corrected chi connectivity index (χ2v) is 7.70. The van der Waals surface area contributed by atoms with Crippen molar-refractivity contribution in [3.8, 4) is 0 Å². The number of hydrogen-bond acceptors (Lipinski definition) is 4. The number of methoxy groups -OCH3 is 1. The predicted molar refractivity (Wildman–Crippen MR) is 68.7 cm³/mol. The maximum absolute atomic E-state index is 11.7. The van der Waals surface area contributed by atoms with Gasteiger partial charge in [0, 0.05) is 20.3 Å². The monoisotopic (exact) mass is 347 g/mol. The highest BCUT2D eigenvalue weighted by Gasteiger charge is 2.18. The van der Waals surface area contributed by atoms with Gasteiger partial charge in [0.2, 0.25) is 10.0 Å². The van der Waals surface area contributed by atoms with Gasteiger partial charge in [-0.1, -0.05) is 11.6 Å². The Labute approximate surface area is 112 Å². The number of halogens is 2. The first kappa shape index (κ1) is 14.4. The van der Waals surface area contributed by atoms with E-state index in [2.05, 4.69) is 20.7 Å². The number of rotatable bonds is 6. The molecule has 0 aliphatic heterocycles. The van der Waals surface area contributed by atoms with Crippen LogP contribution in [-0.4, -0.2) is 28.7 Å². The molecule has 8 heteroatoms. The topological polar surface area (TPSA) is 55.4 Å². The lowest BCUT2D eigenvalue weighted by Gasteiger charge is -2.03. The molecule has 0 radical (unpaired) electrons.